The molecule has 22 heavy (non-hydrogen) atoms. The number of ether oxygens (including phenoxy) is 1. The molecule has 7 heteroatoms. The fourth-order valence-electron chi connectivity index (χ4n) is 1.60. The van der Waals surface area contributed by atoms with E-state index in [1.54, 1.807) is 32.2 Å². The molecule has 0 aliphatic rings. The SMILES string of the molecule is CCCC/C=C(\C(=O)O)c1csc(NC(=O)OC(C)(C)C)n1. The number of nitrogens with zero attached hydrogens (tertiary/aromatic N) is 1. The maximum absolute atomic E-state index is 11.7. The zero-order valence-electron chi connectivity index (χ0n) is 13.3. The van der Waals surface area contributed by atoms with E-state index in [4.69, 9.17) is 4.74 Å². The number of nitrogens with one attached hydrogen (secondary N) is 1. The third-order valence-electron chi connectivity index (χ3n) is 2.52. The van der Waals surface area contributed by atoms with Crippen LogP contribution in [0.1, 0.15) is 52.7 Å². The summed E-state index contributed by atoms with van der Waals surface area (Å²) in [5.41, 5.74) is -0.0993. The first-order chi connectivity index (χ1) is 10.2. The van der Waals surface area contributed by atoms with Gasteiger partial charge in [-0.1, -0.05) is 25.8 Å². The first kappa shape index (κ1) is 18.2. The van der Waals surface area contributed by atoms with Crippen LogP contribution in [0.15, 0.2) is 11.5 Å². The first-order valence-electron chi connectivity index (χ1n) is 7.12. The number of unbranched alkanes of at least 4 members (excludes halogenated alkanes) is 2. The standard InChI is InChI=1S/C15H22N2O4S/c1-5-6-7-8-10(12(18)19)11-9-22-13(16-11)17-14(20)21-15(2,3)4/h8-9H,5-7H2,1-4H3,(H,18,19)(H,16,17,20)/b10-8-. The number of anilines is 1. The number of hydrogen-bond donors (Lipinski definition) is 2. The van der Waals surface area contributed by atoms with Gasteiger partial charge in [0.15, 0.2) is 5.13 Å². The molecule has 0 fully saturated rings. The van der Waals surface area contributed by atoms with Gasteiger partial charge in [-0.2, -0.15) is 0 Å². The number of carboxylic acids is 1. The van der Waals surface area contributed by atoms with E-state index in [0.29, 0.717) is 17.2 Å². The van der Waals surface area contributed by atoms with E-state index in [1.165, 1.54) is 0 Å². The van der Waals surface area contributed by atoms with Crippen LogP contribution in [0.5, 0.6) is 0 Å². The quantitative estimate of drug-likeness (QED) is 0.605. The Morgan fingerprint density at radius 1 is 1.45 bits per heavy atom. The zero-order chi connectivity index (χ0) is 16.8. The van der Waals surface area contributed by atoms with Crippen molar-refractivity contribution in [3.05, 3.63) is 17.2 Å². The molecule has 0 aromatic carbocycles. The van der Waals surface area contributed by atoms with Gasteiger partial charge in [-0.15, -0.1) is 11.3 Å². The number of amides is 1. The number of hydrogen-bond acceptors (Lipinski definition) is 5. The highest BCUT2D eigenvalue weighted by molar-refractivity contribution is 7.14. The van der Waals surface area contributed by atoms with E-state index in [-0.39, 0.29) is 5.57 Å². The molecular formula is C15H22N2O4S. The number of carboxylic acid groups (broad SMARTS) is 1. The van der Waals surface area contributed by atoms with E-state index in [1.807, 2.05) is 6.92 Å². The summed E-state index contributed by atoms with van der Waals surface area (Å²) in [6.45, 7) is 7.33. The van der Waals surface area contributed by atoms with Crippen LogP contribution in [0.3, 0.4) is 0 Å². The molecule has 2 N–H and O–H groups in total. The summed E-state index contributed by atoms with van der Waals surface area (Å²) >= 11 is 1.16. The molecule has 1 rings (SSSR count). The molecular weight excluding hydrogens is 304 g/mol. The minimum Gasteiger partial charge on any atom is -0.478 e. The van der Waals surface area contributed by atoms with Crippen LogP contribution in [0, 0.1) is 0 Å². The van der Waals surface area contributed by atoms with Crippen LogP contribution < -0.4 is 5.32 Å². The summed E-state index contributed by atoms with van der Waals surface area (Å²) in [5, 5.41) is 13.7. The molecule has 0 saturated heterocycles. The number of thiazole rings is 1. The smallest absolute Gasteiger partial charge is 0.413 e. The van der Waals surface area contributed by atoms with Gasteiger partial charge in [0.1, 0.15) is 5.60 Å². The number of carbonyl (C=O) groups is 2. The Bertz CT molecular complexity index is 558. The predicted molar refractivity (Wildman–Crippen MR) is 87.1 cm³/mol. The minimum atomic E-state index is -1.02. The van der Waals surface area contributed by atoms with Gasteiger partial charge in [0.25, 0.3) is 0 Å². The van der Waals surface area contributed by atoms with Gasteiger partial charge in [-0.3, -0.25) is 5.32 Å². The van der Waals surface area contributed by atoms with Gasteiger partial charge in [-0.05, 0) is 27.2 Å². The fraction of sp³-hybridized carbons (Fsp3) is 0.533. The fourth-order valence-corrected chi connectivity index (χ4v) is 2.29. The average Bonchev–Trinajstić information content (AvgIpc) is 2.79. The topological polar surface area (TPSA) is 88.5 Å². The highest BCUT2D eigenvalue weighted by Crippen LogP contribution is 2.23. The highest BCUT2D eigenvalue weighted by Gasteiger charge is 2.19. The monoisotopic (exact) mass is 326 g/mol. The molecule has 1 aromatic rings. The van der Waals surface area contributed by atoms with Gasteiger partial charge in [0, 0.05) is 5.38 Å². The molecule has 6 nitrogen and oxygen atoms in total. The second-order valence-corrected chi connectivity index (χ2v) is 6.59. The molecule has 0 spiro atoms. The van der Waals surface area contributed by atoms with Crippen LogP contribution in [0.4, 0.5) is 9.93 Å². The lowest BCUT2D eigenvalue weighted by molar-refractivity contribution is -0.130. The molecule has 0 atom stereocenters. The Balaban J connectivity index is 2.78. The molecule has 122 valence electrons. The average molecular weight is 326 g/mol. The minimum absolute atomic E-state index is 0.155. The van der Waals surface area contributed by atoms with Crippen molar-refractivity contribution < 1.29 is 19.4 Å². The Hall–Kier alpha value is -1.89. The Morgan fingerprint density at radius 3 is 2.68 bits per heavy atom. The number of allylic oxidation sites excluding steroid dienone is 1. The summed E-state index contributed by atoms with van der Waals surface area (Å²) in [7, 11) is 0. The number of aromatic nitrogens is 1. The number of carbonyl (C=O) groups excluding carboxylic acids is 1. The molecule has 1 heterocycles. The number of rotatable bonds is 6. The van der Waals surface area contributed by atoms with E-state index in [9.17, 15) is 14.7 Å². The lowest BCUT2D eigenvalue weighted by Crippen LogP contribution is -2.27. The molecule has 0 saturated carbocycles. The predicted octanol–water partition coefficient (Wildman–Crippen LogP) is 4.15. The van der Waals surface area contributed by atoms with Gasteiger partial charge in [0.2, 0.25) is 0 Å². The van der Waals surface area contributed by atoms with Crippen molar-refractivity contribution in [1.82, 2.24) is 4.98 Å². The molecule has 1 aromatic heterocycles. The second-order valence-electron chi connectivity index (χ2n) is 5.73. The number of aliphatic carboxylic acids is 1. The summed E-state index contributed by atoms with van der Waals surface area (Å²) in [5.74, 6) is -1.02. The van der Waals surface area contributed by atoms with Gasteiger partial charge in [0.05, 0.1) is 11.3 Å². The Morgan fingerprint density at radius 2 is 2.14 bits per heavy atom. The first-order valence-corrected chi connectivity index (χ1v) is 8.00. The summed E-state index contributed by atoms with van der Waals surface area (Å²) in [4.78, 5) is 27.1. The van der Waals surface area contributed by atoms with E-state index >= 15 is 0 Å². The third kappa shape index (κ3) is 6.26. The summed E-state index contributed by atoms with van der Waals surface area (Å²) < 4.78 is 5.12. The lowest BCUT2D eigenvalue weighted by Gasteiger charge is -2.18. The van der Waals surface area contributed by atoms with Crippen LogP contribution in [0.2, 0.25) is 0 Å². The van der Waals surface area contributed by atoms with Gasteiger partial charge >= 0.3 is 12.1 Å². The Labute approximate surface area is 134 Å². The van der Waals surface area contributed by atoms with Crippen molar-refractivity contribution in [3.63, 3.8) is 0 Å². The molecule has 0 radical (unpaired) electrons. The van der Waals surface area contributed by atoms with Gasteiger partial charge < -0.3 is 9.84 Å². The van der Waals surface area contributed by atoms with Crippen LogP contribution in [-0.2, 0) is 9.53 Å². The van der Waals surface area contributed by atoms with Crippen LogP contribution >= 0.6 is 11.3 Å². The second kappa shape index (κ2) is 7.93. The van der Waals surface area contributed by atoms with Crippen LogP contribution in [-0.4, -0.2) is 27.8 Å². The van der Waals surface area contributed by atoms with Gasteiger partial charge in [-0.25, -0.2) is 14.6 Å². The Kier molecular flexibility index (Phi) is 6.55. The maximum Gasteiger partial charge on any atom is 0.413 e. The van der Waals surface area contributed by atoms with Crippen molar-refractivity contribution in [3.8, 4) is 0 Å². The van der Waals surface area contributed by atoms with Crippen molar-refractivity contribution in [2.24, 2.45) is 0 Å². The van der Waals surface area contributed by atoms with E-state index in [0.717, 1.165) is 24.2 Å². The van der Waals surface area contributed by atoms with E-state index < -0.39 is 17.7 Å². The van der Waals surface area contributed by atoms with Crippen molar-refractivity contribution in [1.29, 1.82) is 0 Å². The summed E-state index contributed by atoms with van der Waals surface area (Å²) in [6.07, 6.45) is 3.65. The van der Waals surface area contributed by atoms with Crippen molar-refractivity contribution >= 4 is 34.1 Å². The maximum atomic E-state index is 11.7. The van der Waals surface area contributed by atoms with Crippen molar-refractivity contribution in [2.75, 3.05) is 5.32 Å². The normalized spacial score (nSPS) is 12.1. The lowest BCUT2D eigenvalue weighted by atomic mass is 10.1. The molecule has 0 aliphatic heterocycles. The largest absolute Gasteiger partial charge is 0.478 e. The molecule has 0 aliphatic carbocycles. The summed E-state index contributed by atoms with van der Waals surface area (Å²) in [6, 6.07) is 0. The molecule has 1 amide bonds. The highest BCUT2D eigenvalue weighted by atomic mass is 32.1. The zero-order valence-corrected chi connectivity index (χ0v) is 14.1. The third-order valence-corrected chi connectivity index (χ3v) is 3.28. The molecule has 0 bridgehead atoms. The van der Waals surface area contributed by atoms with Crippen LogP contribution in [0.25, 0.3) is 5.57 Å². The van der Waals surface area contributed by atoms with E-state index in [2.05, 4.69) is 10.3 Å². The molecule has 0 unspecified atom stereocenters. The van der Waals surface area contributed by atoms with Crippen molar-refractivity contribution in [2.45, 2.75) is 52.6 Å².